The van der Waals surface area contributed by atoms with Gasteiger partial charge in [-0.1, -0.05) is 43.2 Å². The SMILES string of the molecule is COc1ccc2[nH]c(=O)c(CN(Cc3nnnn3CCc3ccccc3)C3CCCC3)cc2c1. The lowest BCUT2D eigenvalue weighted by atomic mass is 10.1. The number of ether oxygens (including phenoxy) is 1. The molecule has 0 bridgehead atoms. The van der Waals surface area contributed by atoms with E-state index in [0.29, 0.717) is 19.1 Å². The van der Waals surface area contributed by atoms with Crippen LogP contribution in [0, 0.1) is 0 Å². The summed E-state index contributed by atoms with van der Waals surface area (Å²) >= 11 is 0. The van der Waals surface area contributed by atoms with Crippen molar-refractivity contribution in [1.82, 2.24) is 30.1 Å². The van der Waals surface area contributed by atoms with Crippen molar-refractivity contribution in [3.8, 4) is 5.75 Å². The highest BCUT2D eigenvalue weighted by atomic mass is 16.5. The maximum absolute atomic E-state index is 12.9. The van der Waals surface area contributed by atoms with Gasteiger partial charge in [0.2, 0.25) is 0 Å². The smallest absolute Gasteiger partial charge is 0.252 e. The van der Waals surface area contributed by atoms with Crippen LogP contribution in [0.4, 0.5) is 0 Å². The molecule has 2 heterocycles. The van der Waals surface area contributed by atoms with Crippen molar-refractivity contribution < 1.29 is 4.74 Å². The van der Waals surface area contributed by atoms with Gasteiger partial charge in [-0.3, -0.25) is 9.69 Å². The average Bonchev–Trinajstić information content (AvgIpc) is 3.55. The second-order valence-corrected chi connectivity index (χ2v) is 8.97. The van der Waals surface area contributed by atoms with Gasteiger partial charge in [0.05, 0.1) is 13.7 Å². The first-order valence-corrected chi connectivity index (χ1v) is 11.9. The number of methoxy groups -OCH3 is 1. The van der Waals surface area contributed by atoms with Crippen LogP contribution in [-0.2, 0) is 26.1 Å². The molecule has 0 atom stereocenters. The summed E-state index contributed by atoms with van der Waals surface area (Å²) in [5, 5.41) is 13.5. The Kier molecular flexibility index (Phi) is 6.67. The number of nitrogens with zero attached hydrogens (tertiary/aromatic N) is 5. The van der Waals surface area contributed by atoms with Crippen LogP contribution in [0.5, 0.6) is 5.75 Å². The van der Waals surface area contributed by atoms with Gasteiger partial charge in [-0.2, -0.15) is 0 Å². The molecular formula is C26H30N6O2. The summed E-state index contributed by atoms with van der Waals surface area (Å²) in [6, 6.07) is 18.5. The number of aromatic amines is 1. The maximum Gasteiger partial charge on any atom is 0.252 e. The third kappa shape index (κ3) is 5.02. The molecule has 1 aliphatic carbocycles. The van der Waals surface area contributed by atoms with Gasteiger partial charge in [-0.15, -0.1) is 5.10 Å². The zero-order valence-electron chi connectivity index (χ0n) is 19.5. The van der Waals surface area contributed by atoms with Gasteiger partial charge in [0.1, 0.15) is 5.75 Å². The lowest BCUT2D eigenvalue weighted by Crippen LogP contribution is -2.35. The number of rotatable bonds is 9. The monoisotopic (exact) mass is 458 g/mol. The molecule has 0 unspecified atom stereocenters. The molecule has 176 valence electrons. The maximum atomic E-state index is 12.9. The largest absolute Gasteiger partial charge is 0.497 e. The topological polar surface area (TPSA) is 88.9 Å². The van der Waals surface area contributed by atoms with Crippen molar-refractivity contribution >= 4 is 10.9 Å². The summed E-state index contributed by atoms with van der Waals surface area (Å²) < 4.78 is 7.26. The second-order valence-electron chi connectivity index (χ2n) is 8.97. The summed E-state index contributed by atoms with van der Waals surface area (Å²) in [5.74, 6) is 1.61. The molecule has 0 aliphatic heterocycles. The van der Waals surface area contributed by atoms with Crippen LogP contribution in [0.3, 0.4) is 0 Å². The van der Waals surface area contributed by atoms with Gasteiger partial charge in [0.25, 0.3) is 5.56 Å². The predicted octanol–water partition coefficient (Wildman–Crippen LogP) is 3.71. The average molecular weight is 459 g/mol. The number of hydrogen-bond donors (Lipinski definition) is 1. The van der Waals surface area contributed by atoms with E-state index in [9.17, 15) is 4.79 Å². The lowest BCUT2D eigenvalue weighted by Gasteiger charge is -2.28. The van der Waals surface area contributed by atoms with Crippen molar-refractivity contribution in [2.24, 2.45) is 0 Å². The third-order valence-corrected chi connectivity index (χ3v) is 6.75. The number of aryl methyl sites for hydroxylation is 2. The Balaban J connectivity index is 1.38. The van der Waals surface area contributed by atoms with Crippen molar-refractivity contribution in [2.45, 2.75) is 57.8 Å². The van der Waals surface area contributed by atoms with Gasteiger partial charge < -0.3 is 9.72 Å². The highest BCUT2D eigenvalue weighted by Gasteiger charge is 2.25. The molecule has 0 saturated heterocycles. The molecule has 1 fully saturated rings. The Morgan fingerprint density at radius 1 is 1.09 bits per heavy atom. The Bertz CT molecular complexity index is 1290. The van der Waals surface area contributed by atoms with Gasteiger partial charge in [-0.25, -0.2) is 4.68 Å². The molecule has 1 aliphatic rings. The fourth-order valence-corrected chi connectivity index (χ4v) is 4.85. The first-order chi connectivity index (χ1) is 16.7. The molecular weight excluding hydrogens is 428 g/mol. The fraction of sp³-hybridized carbons (Fsp3) is 0.385. The standard InChI is InChI=1S/C26H30N6O2/c1-34-23-11-12-24-20(16-23)15-21(26(33)27-24)17-31(22-9-5-6-10-22)18-25-28-29-30-32(25)14-13-19-7-3-2-4-8-19/h2-4,7-8,11-12,15-16,22H,5-6,9-10,13-14,17-18H2,1H3,(H,27,33). The molecule has 0 amide bonds. The van der Waals surface area contributed by atoms with Gasteiger partial charge in [-0.05, 0) is 59.5 Å². The van der Waals surface area contributed by atoms with Crippen molar-refractivity contribution in [2.75, 3.05) is 7.11 Å². The summed E-state index contributed by atoms with van der Waals surface area (Å²) in [7, 11) is 1.65. The molecule has 34 heavy (non-hydrogen) atoms. The molecule has 5 rings (SSSR count). The minimum atomic E-state index is -0.0515. The number of tetrazole rings is 1. The molecule has 2 aromatic heterocycles. The van der Waals surface area contributed by atoms with Crippen molar-refractivity contribution in [3.05, 3.63) is 81.9 Å². The lowest BCUT2D eigenvalue weighted by molar-refractivity contribution is 0.172. The Labute approximate surface area is 198 Å². The van der Waals surface area contributed by atoms with E-state index in [2.05, 4.69) is 37.5 Å². The number of fused-ring (bicyclic) bond motifs is 1. The van der Waals surface area contributed by atoms with Crippen LogP contribution < -0.4 is 10.3 Å². The molecule has 8 heteroatoms. The molecule has 1 N–H and O–H groups in total. The predicted molar refractivity (Wildman–Crippen MR) is 131 cm³/mol. The van der Waals surface area contributed by atoms with Crippen LogP contribution in [0.25, 0.3) is 10.9 Å². The van der Waals surface area contributed by atoms with E-state index < -0.39 is 0 Å². The first kappa shape index (κ1) is 22.3. The first-order valence-electron chi connectivity index (χ1n) is 11.9. The van der Waals surface area contributed by atoms with E-state index in [-0.39, 0.29) is 5.56 Å². The van der Waals surface area contributed by atoms with Crippen molar-refractivity contribution in [1.29, 1.82) is 0 Å². The van der Waals surface area contributed by atoms with E-state index in [1.54, 1.807) is 7.11 Å². The number of benzene rings is 2. The summed E-state index contributed by atoms with van der Waals surface area (Å²) in [6.45, 7) is 1.89. The summed E-state index contributed by atoms with van der Waals surface area (Å²) in [5.41, 5.74) is 2.77. The Hall–Kier alpha value is -3.52. The van der Waals surface area contributed by atoms with Gasteiger partial charge in [0.15, 0.2) is 5.82 Å². The number of H-pyrrole nitrogens is 1. The van der Waals surface area contributed by atoms with E-state index in [1.165, 1.54) is 18.4 Å². The fourth-order valence-electron chi connectivity index (χ4n) is 4.85. The van der Waals surface area contributed by atoms with Gasteiger partial charge in [0, 0.05) is 35.6 Å². The highest BCUT2D eigenvalue weighted by Crippen LogP contribution is 2.26. The van der Waals surface area contributed by atoms with E-state index in [0.717, 1.165) is 53.8 Å². The zero-order valence-corrected chi connectivity index (χ0v) is 19.5. The van der Waals surface area contributed by atoms with Crippen LogP contribution in [0.1, 0.15) is 42.6 Å². The second kappa shape index (κ2) is 10.2. The summed E-state index contributed by atoms with van der Waals surface area (Å²) in [4.78, 5) is 18.3. The molecule has 0 radical (unpaired) electrons. The van der Waals surface area contributed by atoms with Crippen LogP contribution in [0.2, 0.25) is 0 Å². The molecule has 4 aromatic rings. The Morgan fingerprint density at radius 2 is 1.91 bits per heavy atom. The number of pyridine rings is 1. The summed E-state index contributed by atoms with van der Waals surface area (Å²) in [6.07, 6.45) is 5.56. The van der Waals surface area contributed by atoms with Crippen LogP contribution in [0.15, 0.2) is 59.4 Å². The number of hydrogen-bond acceptors (Lipinski definition) is 6. The third-order valence-electron chi connectivity index (χ3n) is 6.75. The number of aromatic nitrogens is 5. The molecule has 2 aromatic carbocycles. The Morgan fingerprint density at radius 3 is 2.71 bits per heavy atom. The minimum absolute atomic E-state index is 0.0515. The molecule has 1 saturated carbocycles. The van der Waals surface area contributed by atoms with E-state index >= 15 is 0 Å². The normalized spacial score (nSPS) is 14.3. The molecule has 8 nitrogen and oxygen atoms in total. The van der Waals surface area contributed by atoms with Crippen LogP contribution in [-0.4, -0.2) is 43.2 Å². The zero-order chi connectivity index (χ0) is 23.3. The van der Waals surface area contributed by atoms with Gasteiger partial charge >= 0.3 is 0 Å². The number of nitrogens with one attached hydrogen (secondary N) is 1. The quantitative estimate of drug-likeness (QED) is 0.411. The van der Waals surface area contributed by atoms with E-state index in [4.69, 9.17) is 4.74 Å². The van der Waals surface area contributed by atoms with E-state index in [1.807, 2.05) is 47.1 Å². The van der Waals surface area contributed by atoms with Crippen LogP contribution >= 0.6 is 0 Å². The minimum Gasteiger partial charge on any atom is -0.497 e. The highest BCUT2D eigenvalue weighted by molar-refractivity contribution is 5.80. The van der Waals surface area contributed by atoms with Crippen molar-refractivity contribution in [3.63, 3.8) is 0 Å². The molecule has 0 spiro atoms.